The normalized spacial score (nSPS) is 12.3. The first kappa shape index (κ1) is 34.3. The van der Waals surface area contributed by atoms with Gasteiger partial charge in [0, 0.05) is 15.9 Å². The molecule has 0 spiro atoms. The number of hydrogen-bond acceptors (Lipinski definition) is 6. The summed E-state index contributed by atoms with van der Waals surface area (Å²) in [6, 6.07) is 24.4. The molecule has 0 fully saturated rings. The van der Waals surface area contributed by atoms with E-state index in [4.69, 9.17) is 37.4 Å². The van der Waals surface area contributed by atoms with Crippen molar-refractivity contribution in [2.45, 2.75) is 32.1 Å². The summed E-state index contributed by atoms with van der Waals surface area (Å²) in [6.07, 6.45) is 0.749. The number of ether oxygens (including phenoxy) is 3. The Morgan fingerprint density at radius 3 is 2.33 bits per heavy atom. The van der Waals surface area contributed by atoms with Gasteiger partial charge < -0.3 is 19.5 Å². The molecule has 45 heavy (non-hydrogen) atoms. The van der Waals surface area contributed by atoms with Crippen LogP contribution in [-0.4, -0.2) is 37.3 Å². The second-order valence-corrected chi connectivity index (χ2v) is 12.4. The van der Waals surface area contributed by atoms with Crippen LogP contribution in [0.25, 0.3) is 0 Å². The van der Waals surface area contributed by atoms with Gasteiger partial charge in [0.15, 0.2) is 17.6 Å². The summed E-state index contributed by atoms with van der Waals surface area (Å²) < 4.78 is 18.9. The summed E-state index contributed by atoms with van der Waals surface area (Å²) in [4.78, 5) is 26.3. The predicted molar refractivity (Wildman–Crippen MR) is 184 cm³/mol. The Morgan fingerprint density at radius 1 is 0.911 bits per heavy atom. The lowest BCUT2D eigenvalue weighted by Gasteiger charge is -2.21. The zero-order valence-electron chi connectivity index (χ0n) is 24.2. The van der Waals surface area contributed by atoms with Crippen LogP contribution in [0.5, 0.6) is 17.2 Å². The zero-order chi connectivity index (χ0) is 32.3. The molecular formula is C33H29Br2Cl2N3O5. The van der Waals surface area contributed by atoms with Crippen LogP contribution >= 0.6 is 55.1 Å². The van der Waals surface area contributed by atoms with Crippen LogP contribution in [0.1, 0.15) is 23.6 Å². The number of rotatable bonds is 13. The van der Waals surface area contributed by atoms with E-state index in [2.05, 4.69) is 47.7 Å². The maximum absolute atomic E-state index is 13.3. The number of carbonyl (C=O) groups excluding carboxylic acids is 2. The van der Waals surface area contributed by atoms with Crippen molar-refractivity contribution in [3.8, 4) is 17.2 Å². The number of nitrogens with zero attached hydrogens (tertiary/aromatic N) is 1. The summed E-state index contributed by atoms with van der Waals surface area (Å²) >= 11 is 19.1. The second kappa shape index (κ2) is 16.7. The van der Waals surface area contributed by atoms with Gasteiger partial charge in [0.05, 0.1) is 22.8 Å². The summed E-state index contributed by atoms with van der Waals surface area (Å²) in [5.74, 6) is 0.291. The molecule has 0 saturated carbocycles. The van der Waals surface area contributed by atoms with Crippen molar-refractivity contribution in [3.05, 3.63) is 121 Å². The molecule has 4 aromatic carbocycles. The Morgan fingerprint density at radius 2 is 1.64 bits per heavy atom. The van der Waals surface area contributed by atoms with Gasteiger partial charge in [-0.2, -0.15) is 5.10 Å². The van der Waals surface area contributed by atoms with Crippen LogP contribution in [0.3, 0.4) is 0 Å². The number of carbonyl (C=O) groups is 2. The van der Waals surface area contributed by atoms with Crippen LogP contribution in [0, 0.1) is 0 Å². The molecule has 12 heteroatoms. The average molecular weight is 778 g/mol. The van der Waals surface area contributed by atoms with E-state index in [1.165, 1.54) is 12.3 Å². The van der Waals surface area contributed by atoms with Gasteiger partial charge in [-0.3, -0.25) is 9.59 Å². The lowest BCUT2D eigenvalue weighted by Crippen LogP contribution is -2.50. The van der Waals surface area contributed by atoms with Crippen LogP contribution in [-0.2, 0) is 22.6 Å². The minimum absolute atomic E-state index is 0.228. The molecule has 0 aromatic heterocycles. The van der Waals surface area contributed by atoms with E-state index in [1.54, 1.807) is 38.3 Å². The monoisotopic (exact) mass is 775 g/mol. The SMILES string of the molecule is COc1cc(/C=N\NC(=O)[C@@H](Cc2ccccc2)NC(=O)[C@H](C)Oc2ccc(Cl)cc2Cl)cc(Br)c1OCc1ccc(Br)cc1. The van der Waals surface area contributed by atoms with Crippen molar-refractivity contribution in [2.24, 2.45) is 5.10 Å². The molecule has 0 aliphatic rings. The molecule has 234 valence electrons. The average Bonchev–Trinajstić information content (AvgIpc) is 3.02. The molecule has 0 aliphatic carbocycles. The lowest BCUT2D eigenvalue weighted by atomic mass is 10.1. The zero-order valence-corrected chi connectivity index (χ0v) is 28.9. The summed E-state index contributed by atoms with van der Waals surface area (Å²) in [6.45, 7) is 1.91. The highest BCUT2D eigenvalue weighted by Gasteiger charge is 2.25. The Balaban J connectivity index is 1.43. The molecule has 2 atom stereocenters. The quantitative estimate of drug-likeness (QED) is 0.107. The van der Waals surface area contributed by atoms with Crippen LogP contribution in [0.15, 0.2) is 99.0 Å². The van der Waals surface area contributed by atoms with Crippen molar-refractivity contribution in [1.29, 1.82) is 0 Å². The molecule has 4 aromatic rings. The third kappa shape index (κ3) is 10.2. The Hall–Kier alpha value is -3.57. The molecular weight excluding hydrogens is 749 g/mol. The predicted octanol–water partition coefficient (Wildman–Crippen LogP) is 7.75. The molecule has 4 rings (SSSR count). The second-order valence-electron chi connectivity index (χ2n) is 9.77. The van der Waals surface area contributed by atoms with Gasteiger partial charge in [-0.15, -0.1) is 0 Å². The fraction of sp³-hybridized carbons (Fsp3) is 0.182. The van der Waals surface area contributed by atoms with Crippen molar-refractivity contribution in [2.75, 3.05) is 7.11 Å². The minimum Gasteiger partial charge on any atom is -0.493 e. The number of nitrogens with one attached hydrogen (secondary N) is 2. The van der Waals surface area contributed by atoms with E-state index in [9.17, 15) is 9.59 Å². The standard InChI is InChI=1S/C33H29Br2Cl2N3O5/c1-20(45-29-13-12-25(36)17-27(29)37)32(41)39-28(15-21-6-4-3-5-7-21)33(42)40-38-18-23-14-26(35)31(30(16-23)43-2)44-19-22-8-10-24(34)11-9-22/h3-14,16-18,20,28H,15,19H2,1-2H3,(H,39,41)(H,40,42)/b38-18-/t20-,28+/m0/s1. The van der Waals surface area contributed by atoms with E-state index in [-0.39, 0.29) is 11.4 Å². The van der Waals surface area contributed by atoms with Crippen molar-refractivity contribution < 1.29 is 23.8 Å². The van der Waals surface area contributed by atoms with Crippen molar-refractivity contribution in [3.63, 3.8) is 0 Å². The topological polar surface area (TPSA) is 98.2 Å². The van der Waals surface area contributed by atoms with Crippen LogP contribution < -0.4 is 25.0 Å². The van der Waals surface area contributed by atoms with Gasteiger partial charge in [-0.05, 0) is 82.0 Å². The highest BCUT2D eigenvalue weighted by atomic mass is 79.9. The summed E-state index contributed by atoms with van der Waals surface area (Å²) in [5, 5.41) is 7.60. The van der Waals surface area contributed by atoms with Gasteiger partial charge >= 0.3 is 0 Å². The van der Waals surface area contributed by atoms with E-state index < -0.39 is 24.0 Å². The molecule has 8 nitrogen and oxygen atoms in total. The van der Waals surface area contributed by atoms with Crippen molar-refractivity contribution in [1.82, 2.24) is 10.7 Å². The molecule has 2 N–H and O–H groups in total. The maximum Gasteiger partial charge on any atom is 0.262 e. The van der Waals surface area contributed by atoms with Gasteiger partial charge in [-0.25, -0.2) is 5.43 Å². The fourth-order valence-electron chi connectivity index (χ4n) is 4.10. The number of benzene rings is 4. The molecule has 0 bridgehead atoms. The number of halogens is 4. The molecule has 0 aliphatic heterocycles. The first-order chi connectivity index (χ1) is 21.6. The first-order valence-electron chi connectivity index (χ1n) is 13.7. The van der Waals surface area contributed by atoms with Gasteiger partial charge in [0.2, 0.25) is 0 Å². The van der Waals surface area contributed by atoms with Gasteiger partial charge in [-0.1, -0.05) is 81.6 Å². The molecule has 0 radical (unpaired) electrons. The molecule has 2 amide bonds. The van der Waals surface area contributed by atoms with Crippen LogP contribution in [0.4, 0.5) is 0 Å². The summed E-state index contributed by atoms with van der Waals surface area (Å²) in [7, 11) is 1.54. The molecule has 0 unspecified atom stereocenters. The van der Waals surface area contributed by atoms with E-state index in [0.717, 1.165) is 15.6 Å². The van der Waals surface area contributed by atoms with E-state index in [0.29, 0.717) is 38.9 Å². The Kier molecular flexibility index (Phi) is 12.7. The highest BCUT2D eigenvalue weighted by molar-refractivity contribution is 9.10. The number of hydrogen-bond donors (Lipinski definition) is 2. The number of amides is 2. The van der Waals surface area contributed by atoms with Crippen molar-refractivity contribution >= 4 is 73.1 Å². The first-order valence-corrected chi connectivity index (χ1v) is 16.0. The fourth-order valence-corrected chi connectivity index (χ4v) is 5.39. The van der Waals surface area contributed by atoms with Crippen LogP contribution in [0.2, 0.25) is 10.0 Å². The third-order valence-electron chi connectivity index (χ3n) is 6.42. The Labute approximate surface area is 288 Å². The van der Waals surface area contributed by atoms with Gasteiger partial charge in [0.25, 0.3) is 11.8 Å². The lowest BCUT2D eigenvalue weighted by molar-refractivity contribution is -0.132. The Bertz CT molecular complexity index is 1660. The maximum atomic E-state index is 13.3. The van der Waals surface area contributed by atoms with E-state index >= 15 is 0 Å². The largest absolute Gasteiger partial charge is 0.493 e. The number of methoxy groups -OCH3 is 1. The van der Waals surface area contributed by atoms with E-state index in [1.807, 2.05) is 54.6 Å². The molecule has 0 saturated heterocycles. The molecule has 0 heterocycles. The highest BCUT2D eigenvalue weighted by Crippen LogP contribution is 2.37. The van der Waals surface area contributed by atoms with Gasteiger partial charge in [0.1, 0.15) is 18.4 Å². The minimum atomic E-state index is -0.951. The number of hydrazone groups is 1. The third-order valence-corrected chi connectivity index (χ3v) is 8.07. The smallest absolute Gasteiger partial charge is 0.262 e. The summed E-state index contributed by atoms with van der Waals surface area (Å²) in [5.41, 5.74) is 5.01.